The van der Waals surface area contributed by atoms with Crippen LogP contribution in [0.5, 0.6) is 5.75 Å². The predicted octanol–water partition coefficient (Wildman–Crippen LogP) is -12.0. The molecular formula is C29H24N6Na4O19S6. The van der Waals surface area contributed by atoms with E-state index >= 15 is 0 Å². The molecule has 64 heavy (non-hydrogen) atoms. The van der Waals surface area contributed by atoms with Crippen molar-refractivity contribution in [2.45, 2.75) is 19.6 Å². The summed E-state index contributed by atoms with van der Waals surface area (Å²) in [5.41, 5.74) is -0.431. The molecule has 0 amide bonds. The van der Waals surface area contributed by atoms with Gasteiger partial charge in [0.2, 0.25) is 28.2 Å². The zero-order valence-corrected chi connectivity index (χ0v) is 46.2. The van der Waals surface area contributed by atoms with E-state index in [1.165, 1.54) is 24.3 Å². The van der Waals surface area contributed by atoms with Gasteiger partial charge in [0.05, 0.1) is 50.0 Å². The van der Waals surface area contributed by atoms with Crippen molar-refractivity contribution < 1.29 is 200 Å². The van der Waals surface area contributed by atoms with Gasteiger partial charge in [-0.05, 0) is 66.0 Å². The molecule has 0 fully saturated rings. The monoisotopic (exact) mass is 1040 g/mol. The molecule has 35 heteroatoms. The molecule has 324 valence electrons. The SMILES string of the molecule is O=S(=O)([O-])OCCS(=O)(=O)c1ccc(Nc2nc(Nc3ccc(S(=O)(=O)CCOS(=O)(=O)O)cc3)nc(Nc3ccc4c([O-])cc(S(=O)(=O)[O-])cc4c3S(=O)(=O)[O-])n2)cc1.[Na+].[Na+].[Na+].[Na+]. The number of fused-ring (bicyclic) bond motifs is 1. The molecule has 1 heterocycles. The topological polar surface area (TPSA) is 411 Å². The zero-order chi connectivity index (χ0) is 44.5. The first-order chi connectivity index (χ1) is 27.6. The van der Waals surface area contributed by atoms with E-state index < -0.39 is 123 Å². The average molecular weight is 1040 g/mol. The second kappa shape index (κ2) is 23.9. The molecule has 4 aromatic carbocycles. The van der Waals surface area contributed by atoms with Gasteiger partial charge in [0, 0.05) is 16.8 Å². The Hall–Kier alpha value is -1.19. The van der Waals surface area contributed by atoms with Gasteiger partial charge in [-0.15, -0.1) is 0 Å². The molecule has 0 atom stereocenters. The minimum absolute atomic E-state index is 0. The van der Waals surface area contributed by atoms with Crippen LogP contribution in [0.25, 0.3) is 10.8 Å². The normalized spacial score (nSPS) is 12.1. The molecular weight excluding hydrogens is 1020 g/mol. The summed E-state index contributed by atoms with van der Waals surface area (Å²) in [4.78, 5) is 9.44. The zero-order valence-electron chi connectivity index (χ0n) is 33.3. The number of aromatic nitrogens is 3. The Morgan fingerprint density at radius 2 is 0.938 bits per heavy atom. The fourth-order valence-corrected chi connectivity index (χ4v) is 9.32. The summed E-state index contributed by atoms with van der Waals surface area (Å²) in [6.45, 7) is -1.86. The van der Waals surface area contributed by atoms with Crippen molar-refractivity contribution in [3.63, 3.8) is 0 Å². The van der Waals surface area contributed by atoms with E-state index in [0.717, 1.165) is 36.4 Å². The number of rotatable bonds is 18. The smallest absolute Gasteiger partial charge is 0.872 e. The van der Waals surface area contributed by atoms with Gasteiger partial charge >= 0.3 is 129 Å². The average Bonchev–Trinajstić information content (AvgIpc) is 3.09. The van der Waals surface area contributed by atoms with E-state index in [1.807, 2.05) is 0 Å². The molecule has 0 saturated carbocycles. The summed E-state index contributed by atoms with van der Waals surface area (Å²) in [5.74, 6) is -4.15. The van der Waals surface area contributed by atoms with Crippen LogP contribution < -0.4 is 139 Å². The Balaban J connectivity index is 0.00000512. The number of anilines is 6. The van der Waals surface area contributed by atoms with Gasteiger partial charge in [0.15, 0.2) is 19.7 Å². The molecule has 5 rings (SSSR count). The number of sulfone groups is 2. The Kier molecular flexibility index (Phi) is 22.7. The summed E-state index contributed by atoms with van der Waals surface area (Å²) in [6, 6.07) is 12.1. The maximum atomic E-state index is 12.6. The van der Waals surface area contributed by atoms with Crippen molar-refractivity contribution >= 4 is 106 Å². The van der Waals surface area contributed by atoms with Crippen molar-refractivity contribution in [1.82, 2.24) is 15.0 Å². The predicted molar refractivity (Wildman–Crippen MR) is 199 cm³/mol. The fraction of sp³-hybridized carbons (Fsp3) is 0.138. The van der Waals surface area contributed by atoms with E-state index in [9.17, 15) is 69.3 Å². The van der Waals surface area contributed by atoms with Crippen molar-refractivity contribution in [3.05, 3.63) is 72.8 Å². The summed E-state index contributed by atoms with van der Waals surface area (Å²) >= 11 is 0. The van der Waals surface area contributed by atoms with Crippen molar-refractivity contribution in [3.8, 4) is 5.75 Å². The number of hydrogen-bond acceptors (Lipinski definition) is 24. The number of nitrogens with zero attached hydrogens (tertiary/aromatic N) is 3. The molecule has 0 aliphatic carbocycles. The molecule has 25 nitrogen and oxygen atoms in total. The van der Waals surface area contributed by atoms with Crippen LogP contribution in [0.15, 0.2) is 92.4 Å². The van der Waals surface area contributed by atoms with E-state index in [0.29, 0.717) is 12.1 Å². The van der Waals surface area contributed by atoms with Gasteiger partial charge in [-0.3, -0.25) is 8.74 Å². The first-order valence-electron chi connectivity index (χ1n) is 15.7. The standard InChI is InChI=1S/C29H28N6O19S6.4Na/c36-25-16-21(57(41,42)43)15-23-22(25)9-10-24(26(23)58(44,45)46)32-29-34-27(30-17-1-5-19(6-2-17)55(37,38)13-11-53-59(47,48)49)33-28(35-29)31-18-3-7-20(8-4-18)56(39,40)14-12-54-60(50,51)52;;;;/h1-10,15-16,36H,11-14H2,(H,41,42,43)(H,44,45,46)(H,47,48,49)(H,50,51,52)(H3,30,31,32,33,34,35);;;;/q;4*+1/p-4. The van der Waals surface area contributed by atoms with E-state index in [4.69, 9.17) is 4.55 Å². The summed E-state index contributed by atoms with van der Waals surface area (Å²) in [6.07, 6.45) is 0. The van der Waals surface area contributed by atoms with Crippen LogP contribution in [0.4, 0.5) is 34.9 Å². The molecule has 0 saturated heterocycles. The van der Waals surface area contributed by atoms with Crippen molar-refractivity contribution in [2.24, 2.45) is 0 Å². The number of hydrogen-bond donors (Lipinski definition) is 4. The summed E-state index contributed by atoms with van der Waals surface area (Å²) in [5, 5.41) is 19.3. The summed E-state index contributed by atoms with van der Waals surface area (Å²) in [7, 11) is -29.3. The summed E-state index contributed by atoms with van der Waals surface area (Å²) < 4.78 is 194. The van der Waals surface area contributed by atoms with Gasteiger partial charge in [-0.25, -0.2) is 46.3 Å². The molecule has 0 aliphatic heterocycles. The molecule has 4 N–H and O–H groups in total. The first kappa shape index (κ1) is 60.8. The van der Waals surface area contributed by atoms with Crippen LogP contribution in [0.2, 0.25) is 0 Å². The Bertz CT molecular complexity index is 3040. The van der Waals surface area contributed by atoms with E-state index in [-0.39, 0.29) is 151 Å². The quantitative estimate of drug-likeness (QED) is 0.0360. The Morgan fingerprint density at radius 1 is 0.516 bits per heavy atom. The van der Waals surface area contributed by atoms with Crippen LogP contribution in [-0.2, 0) is 69.1 Å². The number of benzene rings is 4. The van der Waals surface area contributed by atoms with Crippen LogP contribution in [0.1, 0.15) is 0 Å². The molecule has 5 aromatic rings. The Morgan fingerprint density at radius 3 is 1.33 bits per heavy atom. The van der Waals surface area contributed by atoms with Crippen molar-refractivity contribution in [2.75, 3.05) is 40.7 Å². The van der Waals surface area contributed by atoms with E-state index in [2.05, 4.69) is 39.3 Å². The van der Waals surface area contributed by atoms with Crippen LogP contribution >= 0.6 is 0 Å². The molecule has 0 unspecified atom stereocenters. The Labute approximate surface area is 454 Å². The van der Waals surface area contributed by atoms with Gasteiger partial charge < -0.3 is 34.7 Å². The minimum atomic E-state index is -5.59. The third-order valence-corrected chi connectivity index (χ3v) is 13.6. The van der Waals surface area contributed by atoms with Gasteiger partial charge in [-0.2, -0.15) is 23.4 Å². The van der Waals surface area contributed by atoms with Gasteiger partial charge in [-0.1, -0.05) is 17.9 Å². The molecule has 0 spiro atoms. The maximum Gasteiger partial charge on any atom is 1.00 e. The minimum Gasteiger partial charge on any atom is -0.872 e. The van der Waals surface area contributed by atoms with E-state index in [1.54, 1.807) is 0 Å². The largest absolute Gasteiger partial charge is 1.00 e. The third-order valence-electron chi connectivity index (χ3n) is 7.55. The van der Waals surface area contributed by atoms with Gasteiger partial charge in [0.25, 0.3) is 0 Å². The fourth-order valence-electron chi connectivity index (χ4n) is 5.00. The van der Waals surface area contributed by atoms with Crippen LogP contribution in [-0.4, -0.2) is 108 Å². The second-order valence-electron chi connectivity index (χ2n) is 11.7. The number of nitrogens with one attached hydrogen (secondary N) is 3. The maximum absolute atomic E-state index is 12.6. The molecule has 0 aliphatic rings. The van der Waals surface area contributed by atoms with Crippen LogP contribution in [0, 0.1) is 0 Å². The van der Waals surface area contributed by atoms with Crippen molar-refractivity contribution in [1.29, 1.82) is 0 Å². The molecule has 1 aromatic heterocycles. The van der Waals surface area contributed by atoms with Gasteiger partial charge in [0.1, 0.15) is 20.2 Å². The molecule has 0 bridgehead atoms. The first-order valence-corrected chi connectivity index (χ1v) is 24.6. The third kappa shape index (κ3) is 17.4. The van der Waals surface area contributed by atoms with Crippen LogP contribution in [0.3, 0.4) is 0 Å². The second-order valence-corrected chi connectivity index (χ2v) is 20.8. The molecule has 0 radical (unpaired) electrons.